The molecule has 0 saturated carbocycles. The number of nitrogens with zero attached hydrogens (tertiary/aromatic N) is 1. The first-order valence-corrected chi connectivity index (χ1v) is 8.89. The van der Waals surface area contributed by atoms with Crippen molar-refractivity contribution in [2.75, 3.05) is 0 Å². The maximum Gasteiger partial charge on any atom is 0.313 e. The van der Waals surface area contributed by atoms with Gasteiger partial charge in [-0.05, 0) is 49.1 Å². The number of cyclic esters (lactones) is 1. The Hall–Kier alpha value is -2.75. The van der Waals surface area contributed by atoms with Crippen molar-refractivity contribution in [2.24, 2.45) is 17.8 Å². The van der Waals surface area contributed by atoms with Crippen LogP contribution in [0.15, 0.2) is 60.8 Å². The van der Waals surface area contributed by atoms with E-state index in [0.29, 0.717) is 0 Å². The summed E-state index contributed by atoms with van der Waals surface area (Å²) in [6, 6.07) is 10.3. The standard InChI is InChI=1S/C22H20FNO2/c1-14-21-15(4-3-7-20(21)22(25)26-14)8-10-19-11-9-17(13-24-19)16-5-2-6-18(23)12-16/h2-3,5-15,20-21H,4H2,1H3/b10-8+. The number of carbonyl (C=O) groups excluding carboxylic acids is 1. The molecular formula is C22H20FNO2. The number of hydrogen-bond donors (Lipinski definition) is 0. The molecule has 26 heavy (non-hydrogen) atoms. The predicted molar refractivity (Wildman–Crippen MR) is 98.4 cm³/mol. The third-order valence-electron chi connectivity index (χ3n) is 5.24. The second kappa shape index (κ2) is 6.87. The maximum atomic E-state index is 13.4. The Kier molecular flexibility index (Phi) is 4.41. The van der Waals surface area contributed by atoms with Gasteiger partial charge in [-0.2, -0.15) is 0 Å². The zero-order valence-corrected chi connectivity index (χ0v) is 14.5. The lowest BCUT2D eigenvalue weighted by Gasteiger charge is -2.27. The maximum absolute atomic E-state index is 13.4. The molecule has 4 atom stereocenters. The minimum atomic E-state index is -0.256. The molecule has 0 amide bonds. The average molecular weight is 349 g/mol. The molecule has 2 heterocycles. The number of ether oxygens (including phenoxy) is 1. The van der Waals surface area contributed by atoms with Gasteiger partial charge >= 0.3 is 5.97 Å². The van der Waals surface area contributed by atoms with Gasteiger partial charge in [0.25, 0.3) is 0 Å². The Morgan fingerprint density at radius 3 is 2.88 bits per heavy atom. The molecule has 0 N–H and O–H groups in total. The van der Waals surface area contributed by atoms with E-state index in [9.17, 15) is 9.18 Å². The van der Waals surface area contributed by atoms with Gasteiger partial charge in [0.15, 0.2) is 0 Å². The van der Waals surface area contributed by atoms with Gasteiger partial charge in [0.1, 0.15) is 11.9 Å². The first kappa shape index (κ1) is 16.7. The number of fused-ring (bicyclic) bond motifs is 1. The molecule has 0 radical (unpaired) electrons. The fraction of sp³-hybridized carbons (Fsp3) is 0.273. The number of benzene rings is 1. The van der Waals surface area contributed by atoms with Crippen LogP contribution in [0.1, 0.15) is 19.0 Å². The zero-order valence-electron chi connectivity index (χ0n) is 14.5. The summed E-state index contributed by atoms with van der Waals surface area (Å²) in [6.07, 6.45) is 10.8. The molecule has 4 unspecified atom stereocenters. The second-order valence-electron chi connectivity index (χ2n) is 6.91. The predicted octanol–water partition coefficient (Wildman–Crippen LogP) is 4.65. The smallest absolute Gasteiger partial charge is 0.313 e. The summed E-state index contributed by atoms with van der Waals surface area (Å²) in [5, 5.41) is 0. The van der Waals surface area contributed by atoms with Gasteiger partial charge in [0.05, 0.1) is 11.6 Å². The number of aromatic nitrogens is 1. The van der Waals surface area contributed by atoms with E-state index in [1.807, 2.05) is 37.3 Å². The van der Waals surface area contributed by atoms with Crippen LogP contribution >= 0.6 is 0 Å². The van der Waals surface area contributed by atoms with E-state index in [4.69, 9.17) is 4.74 Å². The highest BCUT2D eigenvalue weighted by Crippen LogP contribution is 2.40. The Labute approximate surface area is 152 Å². The average Bonchev–Trinajstić information content (AvgIpc) is 2.95. The SMILES string of the molecule is CC1OC(=O)C2C=CCC(/C=C/c3ccc(-c4cccc(F)c4)cn3)C12. The van der Waals surface area contributed by atoms with Crippen LogP contribution in [0.2, 0.25) is 0 Å². The van der Waals surface area contributed by atoms with Gasteiger partial charge in [-0.1, -0.05) is 36.4 Å². The second-order valence-corrected chi connectivity index (χ2v) is 6.91. The molecule has 1 saturated heterocycles. The van der Waals surface area contributed by atoms with E-state index in [-0.39, 0.29) is 35.6 Å². The highest BCUT2D eigenvalue weighted by molar-refractivity contribution is 5.77. The summed E-state index contributed by atoms with van der Waals surface area (Å²) in [6.45, 7) is 1.97. The first-order valence-electron chi connectivity index (χ1n) is 8.89. The topological polar surface area (TPSA) is 39.2 Å². The van der Waals surface area contributed by atoms with Crippen molar-refractivity contribution in [2.45, 2.75) is 19.4 Å². The Balaban J connectivity index is 1.50. The van der Waals surface area contributed by atoms with Crippen LogP contribution in [-0.4, -0.2) is 17.1 Å². The number of pyridine rings is 1. The van der Waals surface area contributed by atoms with E-state index in [1.54, 1.807) is 12.3 Å². The fourth-order valence-electron chi connectivity index (χ4n) is 3.92. The van der Waals surface area contributed by atoms with Crippen LogP contribution in [0.4, 0.5) is 4.39 Å². The number of halogens is 1. The molecule has 4 rings (SSSR count). The molecular weight excluding hydrogens is 329 g/mol. The minimum absolute atomic E-state index is 0.0598. The van der Waals surface area contributed by atoms with E-state index in [2.05, 4.69) is 17.1 Å². The fourth-order valence-corrected chi connectivity index (χ4v) is 3.92. The Morgan fingerprint density at radius 2 is 2.12 bits per heavy atom. The van der Waals surface area contributed by atoms with Crippen molar-refractivity contribution >= 4 is 12.0 Å². The van der Waals surface area contributed by atoms with Crippen LogP contribution in [0, 0.1) is 23.6 Å². The van der Waals surface area contributed by atoms with E-state index in [1.165, 1.54) is 12.1 Å². The van der Waals surface area contributed by atoms with Gasteiger partial charge in [-0.15, -0.1) is 0 Å². The summed E-state index contributed by atoms with van der Waals surface area (Å²) < 4.78 is 18.7. The summed E-state index contributed by atoms with van der Waals surface area (Å²) in [5.41, 5.74) is 2.53. The third kappa shape index (κ3) is 3.19. The highest BCUT2D eigenvalue weighted by Gasteiger charge is 2.45. The van der Waals surface area contributed by atoms with Crippen molar-refractivity contribution < 1.29 is 13.9 Å². The van der Waals surface area contributed by atoms with Crippen molar-refractivity contribution in [1.29, 1.82) is 0 Å². The van der Waals surface area contributed by atoms with Crippen molar-refractivity contribution in [3.63, 3.8) is 0 Å². The lowest BCUT2D eigenvalue weighted by molar-refractivity contribution is -0.142. The zero-order chi connectivity index (χ0) is 18.1. The molecule has 4 heteroatoms. The van der Waals surface area contributed by atoms with Crippen LogP contribution < -0.4 is 0 Å². The lowest BCUT2D eigenvalue weighted by atomic mass is 9.74. The molecule has 132 valence electrons. The Morgan fingerprint density at radius 1 is 1.23 bits per heavy atom. The molecule has 0 spiro atoms. The van der Waals surface area contributed by atoms with Crippen LogP contribution in [0.25, 0.3) is 17.2 Å². The molecule has 1 aromatic heterocycles. The molecule has 1 aliphatic heterocycles. The molecule has 2 aliphatic rings. The number of hydrogen-bond acceptors (Lipinski definition) is 3. The summed E-state index contributed by atoms with van der Waals surface area (Å²) in [5.74, 6) is -0.0496. The third-order valence-corrected chi connectivity index (χ3v) is 5.24. The van der Waals surface area contributed by atoms with Crippen LogP contribution in [0.5, 0.6) is 0 Å². The van der Waals surface area contributed by atoms with Gasteiger partial charge < -0.3 is 4.74 Å². The number of rotatable bonds is 3. The van der Waals surface area contributed by atoms with Crippen LogP contribution in [0.3, 0.4) is 0 Å². The van der Waals surface area contributed by atoms with E-state index in [0.717, 1.165) is 23.2 Å². The monoisotopic (exact) mass is 349 g/mol. The van der Waals surface area contributed by atoms with Gasteiger partial charge in [-0.3, -0.25) is 9.78 Å². The molecule has 1 aliphatic carbocycles. The first-order chi connectivity index (χ1) is 12.6. The number of allylic oxidation sites excluding steroid dienone is 2. The van der Waals surface area contributed by atoms with Crippen LogP contribution in [-0.2, 0) is 9.53 Å². The quantitative estimate of drug-likeness (QED) is 0.598. The van der Waals surface area contributed by atoms with E-state index >= 15 is 0 Å². The summed E-state index contributed by atoms with van der Waals surface area (Å²) in [4.78, 5) is 16.4. The lowest BCUT2D eigenvalue weighted by Crippen LogP contribution is -2.27. The molecule has 1 fully saturated rings. The van der Waals surface area contributed by atoms with Gasteiger partial charge in [-0.25, -0.2) is 4.39 Å². The van der Waals surface area contributed by atoms with Gasteiger partial charge in [0.2, 0.25) is 0 Å². The van der Waals surface area contributed by atoms with Crippen molar-refractivity contribution in [3.8, 4) is 11.1 Å². The van der Waals surface area contributed by atoms with Crippen molar-refractivity contribution in [1.82, 2.24) is 4.98 Å². The Bertz CT molecular complexity index is 872. The summed E-state index contributed by atoms with van der Waals surface area (Å²) in [7, 11) is 0. The number of esters is 1. The highest BCUT2D eigenvalue weighted by atomic mass is 19.1. The number of carbonyl (C=O) groups is 1. The summed E-state index contributed by atoms with van der Waals surface area (Å²) >= 11 is 0. The normalized spacial score (nSPS) is 27.5. The molecule has 2 aromatic rings. The molecule has 1 aromatic carbocycles. The van der Waals surface area contributed by atoms with Gasteiger partial charge in [0, 0.05) is 17.7 Å². The van der Waals surface area contributed by atoms with E-state index < -0.39 is 0 Å². The minimum Gasteiger partial charge on any atom is -0.462 e. The molecule has 0 bridgehead atoms. The van der Waals surface area contributed by atoms with Crippen molar-refractivity contribution in [3.05, 3.63) is 72.3 Å². The largest absolute Gasteiger partial charge is 0.462 e. The molecule has 3 nitrogen and oxygen atoms in total.